The molecule has 0 heterocycles. The van der Waals surface area contributed by atoms with E-state index in [4.69, 9.17) is 0 Å². The highest BCUT2D eigenvalue weighted by Crippen LogP contribution is 2.14. The minimum atomic E-state index is 0.339. The second-order valence-corrected chi connectivity index (χ2v) is 3.20. The molecule has 1 aromatic carbocycles. The fourth-order valence-electron chi connectivity index (χ4n) is 1.34. The predicted octanol–water partition coefficient (Wildman–Crippen LogP) is 2.83. The summed E-state index contributed by atoms with van der Waals surface area (Å²) in [6, 6.07) is 8.95. The third-order valence-electron chi connectivity index (χ3n) is 2.13. The normalized spacial score (nSPS) is 13.5. The fourth-order valence-corrected chi connectivity index (χ4v) is 1.34. The first-order valence-corrected chi connectivity index (χ1v) is 4.64. The minimum Gasteiger partial charge on any atom is -0.310 e. The highest BCUT2D eigenvalue weighted by molar-refractivity contribution is 5.26. The topological polar surface area (TPSA) is 12.0 Å². The Labute approximate surface area is 80.5 Å². The molecule has 1 heteroatoms. The van der Waals surface area contributed by atoms with Crippen LogP contribution >= 0.6 is 0 Å². The van der Waals surface area contributed by atoms with Crippen molar-refractivity contribution in [2.24, 2.45) is 0 Å². The molecule has 0 aromatic heterocycles. The molecular weight excluding hydrogens is 158 g/mol. The third kappa shape index (κ3) is 2.71. The number of hydrogen-bond acceptors (Lipinski definition) is 1. The molecule has 0 saturated heterocycles. The Morgan fingerprint density at radius 3 is 2.31 bits per heavy atom. The first-order chi connectivity index (χ1) is 6.27. The van der Waals surface area contributed by atoms with E-state index < -0.39 is 0 Å². The van der Waals surface area contributed by atoms with Gasteiger partial charge in [-0.15, -0.1) is 0 Å². The van der Waals surface area contributed by atoms with E-state index in [1.807, 2.05) is 14.0 Å². The van der Waals surface area contributed by atoms with Crippen LogP contribution in [0.4, 0.5) is 0 Å². The molecule has 1 rings (SSSR count). The Balaban J connectivity index is 2.85. The molecule has 1 nitrogen and oxygen atoms in total. The molecule has 1 atom stereocenters. The number of allylic oxidation sites excluding steroid dienone is 1. The Morgan fingerprint density at radius 2 is 1.85 bits per heavy atom. The number of benzene rings is 1. The van der Waals surface area contributed by atoms with Crippen LogP contribution in [-0.2, 0) is 0 Å². The monoisotopic (exact) mass is 175 g/mol. The SMILES string of the molecule is C/C=C/[C@@H](NC)c1ccc(C)cc1. The first-order valence-electron chi connectivity index (χ1n) is 4.64. The fraction of sp³-hybridized carbons (Fsp3) is 0.333. The van der Waals surface area contributed by atoms with Crippen LogP contribution in [0.25, 0.3) is 0 Å². The number of nitrogens with one attached hydrogen (secondary N) is 1. The lowest BCUT2D eigenvalue weighted by molar-refractivity contribution is 0.714. The summed E-state index contributed by atoms with van der Waals surface area (Å²) in [5, 5.41) is 3.25. The third-order valence-corrected chi connectivity index (χ3v) is 2.13. The molecule has 70 valence electrons. The number of aryl methyl sites for hydroxylation is 1. The van der Waals surface area contributed by atoms with Gasteiger partial charge in [0.1, 0.15) is 0 Å². The second kappa shape index (κ2) is 4.83. The minimum absolute atomic E-state index is 0.339. The van der Waals surface area contributed by atoms with Crippen molar-refractivity contribution in [3.8, 4) is 0 Å². The molecule has 13 heavy (non-hydrogen) atoms. The highest BCUT2D eigenvalue weighted by atomic mass is 14.9. The van der Waals surface area contributed by atoms with Gasteiger partial charge in [-0.1, -0.05) is 42.0 Å². The zero-order chi connectivity index (χ0) is 9.68. The van der Waals surface area contributed by atoms with Gasteiger partial charge in [0.05, 0.1) is 6.04 Å². The summed E-state index contributed by atoms with van der Waals surface area (Å²) >= 11 is 0. The lowest BCUT2D eigenvalue weighted by atomic mass is 10.1. The predicted molar refractivity (Wildman–Crippen MR) is 57.8 cm³/mol. The Hall–Kier alpha value is -1.08. The van der Waals surface area contributed by atoms with Gasteiger partial charge in [-0.3, -0.25) is 0 Å². The van der Waals surface area contributed by atoms with Crippen molar-refractivity contribution < 1.29 is 0 Å². The summed E-state index contributed by atoms with van der Waals surface area (Å²) in [4.78, 5) is 0. The maximum atomic E-state index is 3.25. The summed E-state index contributed by atoms with van der Waals surface area (Å²) in [6.45, 7) is 4.15. The van der Waals surface area contributed by atoms with Gasteiger partial charge in [0.15, 0.2) is 0 Å². The largest absolute Gasteiger partial charge is 0.310 e. The molecule has 0 spiro atoms. The molecule has 0 radical (unpaired) electrons. The van der Waals surface area contributed by atoms with E-state index in [-0.39, 0.29) is 0 Å². The van der Waals surface area contributed by atoms with Gasteiger partial charge in [0.25, 0.3) is 0 Å². The van der Waals surface area contributed by atoms with Crippen molar-refractivity contribution >= 4 is 0 Å². The zero-order valence-electron chi connectivity index (χ0n) is 8.54. The summed E-state index contributed by atoms with van der Waals surface area (Å²) in [7, 11) is 1.98. The number of likely N-dealkylation sites (N-methyl/N-ethyl adjacent to an activating group) is 1. The van der Waals surface area contributed by atoms with Crippen LogP contribution in [0.3, 0.4) is 0 Å². The van der Waals surface area contributed by atoms with E-state index in [1.165, 1.54) is 11.1 Å². The number of hydrogen-bond donors (Lipinski definition) is 1. The van der Waals surface area contributed by atoms with E-state index in [9.17, 15) is 0 Å². The van der Waals surface area contributed by atoms with Crippen molar-refractivity contribution in [3.05, 3.63) is 47.5 Å². The van der Waals surface area contributed by atoms with Crippen LogP contribution < -0.4 is 5.32 Å². The average molecular weight is 175 g/mol. The van der Waals surface area contributed by atoms with Crippen molar-refractivity contribution in [1.82, 2.24) is 5.32 Å². The van der Waals surface area contributed by atoms with Gasteiger partial charge in [0.2, 0.25) is 0 Å². The molecule has 0 amide bonds. The molecule has 0 bridgehead atoms. The summed E-state index contributed by atoms with van der Waals surface area (Å²) in [5.41, 5.74) is 2.62. The smallest absolute Gasteiger partial charge is 0.0503 e. The summed E-state index contributed by atoms with van der Waals surface area (Å²) in [6.07, 6.45) is 4.23. The van der Waals surface area contributed by atoms with Gasteiger partial charge < -0.3 is 5.32 Å². The van der Waals surface area contributed by atoms with E-state index >= 15 is 0 Å². The maximum absolute atomic E-state index is 3.25. The summed E-state index contributed by atoms with van der Waals surface area (Å²) in [5.74, 6) is 0. The van der Waals surface area contributed by atoms with Crippen molar-refractivity contribution in [2.45, 2.75) is 19.9 Å². The molecule has 0 aliphatic carbocycles. The van der Waals surface area contributed by atoms with Gasteiger partial charge in [0, 0.05) is 0 Å². The molecule has 0 unspecified atom stereocenters. The summed E-state index contributed by atoms with van der Waals surface area (Å²) < 4.78 is 0. The van der Waals surface area contributed by atoms with Crippen LogP contribution in [0.15, 0.2) is 36.4 Å². The molecule has 0 fully saturated rings. The molecular formula is C12H17N. The standard InChI is InChI=1S/C12H17N/c1-4-5-12(13-3)11-8-6-10(2)7-9-11/h4-9,12-13H,1-3H3/b5-4+/t12-/m1/s1. The average Bonchev–Trinajstić information content (AvgIpc) is 2.16. The molecule has 1 N–H and O–H groups in total. The van der Waals surface area contributed by atoms with Gasteiger partial charge in [-0.05, 0) is 26.5 Å². The Bertz CT molecular complexity index is 272. The van der Waals surface area contributed by atoms with Crippen LogP contribution in [-0.4, -0.2) is 7.05 Å². The van der Waals surface area contributed by atoms with Gasteiger partial charge in [-0.2, -0.15) is 0 Å². The van der Waals surface area contributed by atoms with E-state index in [1.54, 1.807) is 0 Å². The van der Waals surface area contributed by atoms with Crippen molar-refractivity contribution in [1.29, 1.82) is 0 Å². The zero-order valence-corrected chi connectivity index (χ0v) is 8.54. The van der Waals surface area contributed by atoms with Gasteiger partial charge >= 0.3 is 0 Å². The lowest BCUT2D eigenvalue weighted by Gasteiger charge is -2.11. The molecule has 0 saturated carbocycles. The van der Waals surface area contributed by atoms with Gasteiger partial charge in [-0.25, -0.2) is 0 Å². The molecule has 1 aromatic rings. The van der Waals surface area contributed by atoms with E-state index in [2.05, 4.69) is 48.7 Å². The van der Waals surface area contributed by atoms with Crippen LogP contribution in [0.2, 0.25) is 0 Å². The number of rotatable bonds is 3. The lowest BCUT2D eigenvalue weighted by Crippen LogP contribution is -2.13. The highest BCUT2D eigenvalue weighted by Gasteiger charge is 2.02. The second-order valence-electron chi connectivity index (χ2n) is 3.20. The van der Waals surface area contributed by atoms with Crippen molar-refractivity contribution in [2.75, 3.05) is 7.05 Å². The maximum Gasteiger partial charge on any atom is 0.0503 e. The first kappa shape index (κ1) is 10.0. The van der Waals surface area contributed by atoms with Crippen LogP contribution in [0.5, 0.6) is 0 Å². The molecule has 0 aliphatic heterocycles. The quantitative estimate of drug-likeness (QED) is 0.696. The van der Waals surface area contributed by atoms with E-state index in [0.29, 0.717) is 6.04 Å². The van der Waals surface area contributed by atoms with Crippen LogP contribution in [0.1, 0.15) is 24.1 Å². The van der Waals surface area contributed by atoms with E-state index in [0.717, 1.165) is 0 Å². The molecule has 0 aliphatic rings. The Kier molecular flexibility index (Phi) is 3.71. The van der Waals surface area contributed by atoms with Crippen molar-refractivity contribution in [3.63, 3.8) is 0 Å². The Morgan fingerprint density at radius 1 is 1.23 bits per heavy atom. The van der Waals surface area contributed by atoms with Crippen LogP contribution in [0, 0.1) is 6.92 Å².